The van der Waals surface area contributed by atoms with Crippen molar-refractivity contribution in [1.82, 2.24) is 0 Å². The maximum atomic E-state index is 4.68. The summed E-state index contributed by atoms with van der Waals surface area (Å²) < 4.78 is 4.68. The van der Waals surface area contributed by atoms with E-state index in [0.29, 0.717) is 0 Å². The molecule has 0 fully saturated rings. The molecule has 0 aromatic rings. The molecule has 0 aliphatic heterocycles. The van der Waals surface area contributed by atoms with Gasteiger partial charge in [-0.05, 0) is 0 Å². The third kappa shape index (κ3) is 2.88. The van der Waals surface area contributed by atoms with Gasteiger partial charge in [0.2, 0.25) is 0 Å². The first-order chi connectivity index (χ1) is 1.91. The molecule has 0 saturated carbocycles. The van der Waals surface area contributed by atoms with Crippen molar-refractivity contribution in [3.05, 3.63) is 0 Å². The summed E-state index contributed by atoms with van der Waals surface area (Å²) >= 11 is 0.890. The van der Waals surface area contributed by atoms with E-state index in [4.69, 9.17) is 0 Å². The molecular formula is C2H5OPb. The molecular weight excluding hydrogens is 247 g/mol. The topological polar surface area (TPSA) is 9.23 Å². The van der Waals surface area contributed by atoms with Crippen LogP contribution in [0.5, 0.6) is 0 Å². The molecule has 0 aliphatic carbocycles. The fraction of sp³-hybridized carbons (Fsp3) is 1.00. The van der Waals surface area contributed by atoms with Crippen molar-refractivity contribution in [3.63, 3.8) is 0 Å². The van der Waals surface area contributed by atoms with Crippen molar-refractivity contribution in [1.29, 1.82) is 0 Å². The summed E-state index contributed by atoms with van der Waals surface area (Å²) in [6.07, 6.45) is 0. The van der Waals surface area contributed by atoms with Gasteiger partial charge in [0, 0.05) is 0 Å². The van der Waals surface area contributed by atoms with E-state index in [1.165, 1.54) is 0 Å². The van der Waals surface area contributed by atoms with Crippen LogP contribution in [0.3, 0.4) is 0 Å². The van der Waals surface area contributed by atoms with E-state index in [1.54, 1.807) is 0 Å². The van der Waals surface area contributed by atoms with E-state index >= 15 is 0 Å². The van der Waals surface area contributed by atoms with Crippen molar-refractivity contribution >= 4 is 26.2 Å². The Balaban J connectivity index is 1.97. The van der Waals surface area contributed by atoms with Gasteiger partial charge in [-0.15, -0.1) is 0 Å². The molecule has 0 heterocycles. The van der Waals surface area contributed by atoms with Crippen LogP contribution in [0.1, 0.15) is 6.92 Å². The van der Waals surface area contributed by atoms with Gasteiger partial charge in [0.1, 0.15) is 0 Å². The maximum absolute atomic E-state index is 4.68. The monoisotopic (exact) mass is 253 g/mol. The van der Waals surface area contributed by atoms with Gasteiger partial charge in [-0.1, -0.05) is 0 Å². The van der Waals surface area contributed by atoms with Gasteiger partial charge in [-0.25, -0.2) is 0 Å². The summed E-state index contributed by atoms with van der Waals surface area (Å²) in [5.41, 5.74) is 0. The van der Waals surface area contributed by atoms with E-state index in [9.17, 15) is 0 Å². The Bertz CT molecular complexity index is 8.00. The average Bonchev–Trinajstić information content (AvgIpc) is 1.37. The molecule has 2 heteroatoms. The van der Waals surface area contributed by atoms with Crippen LogP contribution in [0.15, 0.2) is 0 Å². The van der Waals surface area contributed by atoms with E-state index in [0.717, 1.165) is 32.8 Å². The Kier molecular flexibility index (Phi) is 4.74. The van der Waals surface area contributed by atoms with Gasteiger partial charge in [-0.2, -0.15) is 0 Å². The molecule has 0 atom stereocenters. The fourth-order valence-electron chi connectivity index (χ4n) is 0. The first-order valence-electron chi connectivity index (χ1n) is 1.20. The average molecular weight is 252 g/mol. The molecule has 1 nitrogen and oxygen atoms in total. The van der Waals surface area contributed by atoms with Crippen molar-refractivity contribution in [2.24, 2.45) is 0 Å². The predicted octanol–water partition coefficient (Wildman–Crippen LogP) is 0.106. The molecule has 0 bridgehead atoms. The number of rotatable bonds is 1. The zero-order chi connectivity index (χ0) is 3.41. The molecule has 0 aliphatic rings. The van der Waals surface area contributed by atoms with Crippen molar-refractivity contribution in [2.45, 2.75) is 6.92 Å². The molecule has 0 spiro atoms. The molecule has 0 aromatic carbocycles. The minimum atomic E-state index is 0.881. The van der Waals surface area contributed by atoms with Crippen LogP contribution in [0.25, 0.3) is 0 Å². The second-order valence-corrected chi connectivity index (χ2v) is 1.56. The third-order valence-electron chi connectivity index (χ3n) is 0.144. The molecule has 23 valence electrons. The van der Waals surface area contributed by atoms with E-state index in [1.807, 2.05) is 6.92 Å². The minimum absolute atomic E-state index is 0.881. The Morgan fingerprint density at radius 2 is 2.25 bits per heavy atom. The molecule has 0 N–H and O–H groups in total. The van der Waals surface area contributed by atoms with Gasteiger partial charge in [0.15, 0.2) is 0 Å². The van der Waals surface area contributed by atoms with Gasteiger partial charge >= 0.3 is 42.4 Å². The molecule has 0 amide bonds. The van der Waals surface area contributed by atoms with Gasteiger partial charge in [0.25, 0.3) is 0 Å². The Morgan fingerprint density at radius 3 is 2.25 bits per heavy atom. The van der Waals surface area contributed by atoms with E-state index in [2.05, 4.69) is 2.69 Å². The first kappa shape index (κ1) is 4.88. The summed E-state index contributed by atoms with van der Waals surface area (Å²) in [6, 6.07) is 0. The van der Waals surface area contributed by atoms with Crippen molar-refractivity contribution in [2.75, 3.05) is 6.61 Å². The fourth-order valence-corrected chi connectivity index (χ4v) is 0. The first-order valence-corrected chi connectivity index (χ1v) is 2.79. The van der Waals surface area contributed by atoms with Crippen LogP contribution in [0.4, 0.5) is 0 Å². The van der Waals surface area contributed by atoms with Crippen LogP contribution in [-0.4, -0.2) is 32.8 Å². The quantitative estimate of drug-likeness (QED) is 0.602. The SMILES string of the molecule is CC[O][Pb]. The summed E-state index contributed by atoms with van der Waals surface area (Å²) in [4.78, 5) is 0. The second kappa shape index (κ2) is 3.88. The van der Waals surface area contributed by atoms with Gasteiger partial charge < -0.3 is 0 Å². The van der Waals surface area contributed by atoms with Crippen LogP contribution < -0.4 is 0 Å². The summed E-state index contributed by atoms with van der Waals surface area (Å²) in [7, 11) is 0. The Labute approximate surface area is 42.7 Å². The summed E-state index contributed by atoms with van der Waals surface area (Å²) in [6.45, 7) is 2.87. The molecule has 0 saturated heterocycles. The van der Waals surface area contributed by atoms with Crippen LogP contribution in [0.2, 0.25) is 0 Å². The number of hydrogen-bond acceptors (Lipinski definition) is 1. The summed E-state index contributed by atoms with van der Waals surface area (Å²) in [5.74, 6) is 0. The van der Waals surface area contributed by atoms with Gasteiger partial charge in [-0.3, -0.25) is 0 Å². The number of hydrogen-bond donors (Lipinski definition) is 0. The van der Waals surface area contributed by atoms with Crippen molar-refractivity contribution < 1.29 is 2.69 Å². The van der Waals surface area contributed by atoms with E-state index < -0.39 is 0 Å². The van der Waals surface area contributed by atoms with Crippen molar-refractivity contribution in [3.8, 4) is 0 Å². The summed E-state index contributed by atoms with van der Waals surface area (Å²) in [5, 5.41) is 0. The standard InChI is InChI=1S/C2H5O.Pb/c1-2-3;/h2H2,1H3;/q-1;+1. The van der Waals surface area contributed by atoms with Crippen LogP contribution in [0, 0.1) is 0 Å². The second-order valence-electron chi connectivity index (χ2n) is 0.433. The Morgan fingerprint density at radius 1 is 2.00 bits per heavy atom. The predicted molar refractivity (Wildman–Crippen MR) is 17.4 cm³/mol. The molecule has 3 radical (unpaired) electrons. The molecule has 4 heavy (non-hydrogen) atoms. The normalized spacial score (nSPS) is 7.50. The van der Waals surface area contributed by atoms with Gasteiger partial charge in [0.05, 0.1) is 0 Å². The van der Waals surface area contributed by atoms with Crippen LogP contribution >= 0.6 is 0 Å². The zero-order valence-corrected chi connectivity index (χ0v) is 6.50. The molecule has 0 unspecified atom stereocenters. The molecule has 0 rings (SSSR count). The van der Waals surface area contributed by atoms with Crippen LogP contribution in [-0.2, 0) is 2.69 Å². The third-order valence-corrected chi connectivity index (χ3v) is 1.27. The van der Waals surface area contributed by atoms with E-state index in [-0.39, 0.29) is 0 Å². The zero-order valence-electron chi connectivity index (χ0n) is 2.62. The molecule has 0 aromatic heterocycles. The Hall–Kier alpha value is 0.882.